The molecule has 1 aliphatic heterocycles. The molecule has 8 rings (SSSR count). The van der Waals surface area contributed by atoms with Gasteiger partial charge in [0, 0.05) is 22.3 Å². The maximum absolute atomic E-state index is 7.60. The monoisotopic (exact) mass is 578 g/mol. The summed E-state index contributed by atoms with van der Waals surface area (Å²) in [6.07, 6.45) is 6.92. The Bertz CT molecular complexity index is 1850. The van der Waals surface area contributed by atoms with E-state index in [2.05, 4.69) is 98.8 Å². The second-order valence-electron chi connectivity index (χ2n) is 12.9. The maximum Gasteiger partial charge on any atom is 0.178 e. The van der Waals surface area contributed by atoms with E-state index in [1.165, 1.54) is 45.0 Å². The molecule has 0 N–H and O–H groups in total. The van der Waals surface area contributed by atoms with Crippen molar-refractivity contribution in [3.8, 4) is 28.4 Å². The molecular weight excluding hydrogens is 540 g/mol. The molecule has 0 saturated heterocycles. The van der Waals surface area contributed by atoms with Crippen molar-refractivity contribution in [2.45, 2.75) is 44.1 Å². The zero-order valence-electron chi connectivity index (χ0n) is 25.8. The van der Waals surface area contributed by atoms with Crippen LogP contribution in [0.2, 0.25) is 0 Å². The van der Waals surface area contributed by atoms with Crippen LogP contribution in [0, 0.1) is 11.8 Å². The fourth-order valence-corrected chi connectivity index (χ4v) is 8.24. The van der Waals surface area contributed by atoms with E-state index in [1.54, 1.807) is 14.2 Å². The lowest BCUT2D eigenvalue weighted by atomic mass is 9.59. The summed E-state index contributed by atoms with van der Waals surface area (Å²) in [6, 6.07) is 34.7. The summed E-state index contributed by atoms with van der Waals surface area (Å²) in [5.41, 5.74) is 8.09. The number of methoxy groups -OCH3 is 2. The molecule has 2 aliphatic carbocycles. The molecule has 1 fully saturated rings. The standard InChI is InChI=1S/C41H38O3/c1-25-23-36-32-10-6-8-12-34(32)38-33-11-7-5-9-31(33)35-21-22-41(27-13-17-29(42-3)18-14-27,28-15-19-30(43-4)20-16-28)44-40(35)39(38)37(36)24-26(25)2/h5-22,25-26,36-37H,23-24H2,1-4H3. The Morgan fingerprint density at radius 3 is 1.86 bits per heavy atom. The van der Waals surface area contributed by atoms with Crippen LogP contribution in [0.3, 0.4) is 0 Å². The Morgan fingerprint density at radius 2 is 1.23 bits per heavy atom. The number of ether oxygens (including phenoxy) is 3. The van der Waals surface area contributed by atoms with Crippen LogP contribution in [0.15, 0.2) is 103 Å². The third-order valence-electron chi connectivity index (χ3n) is 10.7. The zero-order valence-corrected chi connectivity index (χ0v) is 25.8. The van der Waals surface area contributed by atoms with Gasteiger partial charge in [-0.3, -0.25) is 0 Å². The van der Waals surface area contributed by atoms with Gasteiger partial charge in [-0.1, -0.05) is 86.6 Å². The van der Waals surface area contributed by atoms with Crippen LogP contribution in [-0.2, 0) is 5.60 Å². The van der Waals surface area contributed by atoms with Crippen molar-refractivity contribution in [2.75, 3.05) is 14.2 Å². The highest BCUT2D eigenvalue weighted by Crippen LogP contribution is 2.61. The molecule has 3 aliphatic rings. The van der Waals surface area contributed by atoms with Crippen molar-refractivity contribution in [3.05, 3.63) is 131 Å². The Kier molecular flexibility index (Phi) is 6.34. The number of benzene rings is 5. The first-order valence-electron chi connectivity index (χ1n) is 15.9. The van der Waals surface area contributed by atoms with Gasteiger partial charge in [0.05, 0.1) is 14.2 Å². The minimum absolute atomic E-state index is 0.389. The van der Waals surface area contributed by atoms with Crippen molar-refractivity contribution in [1.29, 1.82) is 0 Å². The van der Waals surface area contributed by atoms with Crippen molar-refractivity contribution in [2.24, 2.45) is 11.8 Å². The van der Waals surface area contributed by atoms with Crippen molar-refractivity contribution >= 4 is 16.8 Å². The minimum Gasteiger partial charge on any atom is -0.497 e. The molecule has 44 heavy (non-hydrogen) atoms. The number of fused-ring (bicyclic) bond motifs is 11. The van der Waals surface area contributed by atoms with Crippen LogP contribution >= 0.6 is 0 Å². The Balaban J connectivity index is 1.43. The molecule has 5 aromatic rings. The SMILES string of the molecule is COc1ccc(C2(c3ccc(OC)cc3)C=Cc3c(c4c(c5ccccc35)-c3ccccc3C3CC(C)C(C)CC43)O2)cc1. The molecular formula is C41H38O3. The van der Waals surface area contributed by atoms with Crippen LogP contribution in [0.5, 0.6) is 17.2 Å². The molecule has 0 spiro atoms. The summed E-state index contributed by atoms with van der Waals surface area (Å²) >= 11 is 0. The smallest absolute Gasteiger partial charge is 0.178 e. The fourth-order valence-electron chi connectivity index (χ4n) is 8.24. The van der Waals surface area contributed by atoms with Gasteiger partial charge in [-0.05, 0) is 100 Å². The Morgan fingerprint density at radius 1 is 0.659 bits per heavy atom. The normalized spacial score (nSPS) is 22.6. The van der Waals surface area contributed by atoms with Gasteiger partial charge in [0.1, 0.15) is 17.2 Å². The van der Waals surface area contributed by atoms with Gasteiger partial charge in [0.15, 0.2) is 5.60 Å². The first kappa shape index (κ1) is 27.1. The summed E-state index contributed by atoms with van der Waals surface area (Å²) in [4.78, 5) is 0. The molecule has 0 radical (unpaired) electrons. The Labute approximate surface area is 260 Å². The molecule has 0 aromatic heterocycles. The number of hydrogen-bond donors (Lipinski definition) is 0. The summed E-state index contributed by atoms with van der Waals surface area (Å²) in [6.45, 7) is 4.88. The lowest BCUT2D eigenvalue weighted by Gasteiger charge is -2.46. The van der Waals surface area contributed by atoms with Crippen LogP contribution in [0.4, 0.5) is 0 Å². The third kappa shape index (κ3) is 3.95. The summed E-state index contributed by atoms with van der Waals surface area (Å²) in [7, 11) is 3.42. The largest absolute Gasteiger partial charge is 0.497 e. The average Bonchev–Trinajstić information content (AvgIpc) is 3.08. The molecule has 1 saturated carbocycles. The maximum atomic E-state index is 7.60. The van der Waals surface area contributed by atoms with Gasteiger partial charge in [-0.15, -0.1) is 0 Å². The molecule has 4 atom stereocenters. The number of rotatable bonds is 4. The molecule has 4 unspecified atom stereocenters. The van der Waals surface area contributed by atoms with Gasteiger partial charge in [0.25, 0.3) is 0 Å². The molecule has 5 aromatic carbocycles. The quantitative estimate of drug-likeness (QED) is 0.212. The highest BCUT2D eigenvalue weighted by Gasteiger charge is 2.46. The van der Waals surface area contributed by atoms with E-state index < -0.39 is 5.60 Å². The van der Waals surface area contributed by atoms with Crippen LogP contribution in [0.1, 0.15) is 66.3 Å². The minimum atomic E-state index is -0.818. The highest BCUT2D eigenvalue weighted by atomic mass is 16.5. The van der Waals surface area contributed by atoms with Crippen molar-refractivity contribution in [3.63, 3.8) is 0 Å². The second-order valence-corrected chi connectivity index (χ2v) is 12.9. The predicted molar refractivity (Wildman–Crippen MR) is 179 cm³/mol. The van der Waals surface area contributed by atoms with Crippen molar-refractivity contribution < 1.29 is 14.2 Å². The van der Waals surface area contributed by atoms with Gasteiger partial charge in [0.2, 0.25) is 0 Å². The van der Waals surface area contributed by atoms with E-state index in [-0.39, 0.29) is 0 Å². The van der Waals surface area contributed by atoms with E-state index in [1.807, 2.05) is 24.3 Å². The second kappa shape index (κ2) is 10.3. The summed E-state index contributed by atoms with van der Waals surface area (Å²) < 4.78 is 18.7. The number of hydrogen-bond acceptors (Lipinski definition) is 3. The highest BCUT2D eigenvalue weighted by molar-refractivity contribution is 6.07. The zero-order chi connectivity index (χ0) is 30.0. The summed E-state index contributed by atoms with van der Waals surface area (Å²) in [5.74, 6) is 4.86. The Hall–Kier alpha value is -4.50. The van der Waals surface area contributed by atoms with E-state index in [0.717, 1.165) is 34.8 Å². The van der Waals surface area contributed by atoms with Gasteiger partial charge in [-0.25, -0.2) is 0 Å². The third-order valence-corrected chi connectivity index (χ3v) is 10.7. The van der Waals surface area contributed by atoms with Crippen LogP contribution < -0.4 is 14.2 Å². The molecule has 0 bridgehead atoms. The molecule has 1 heterocycles. The predicted octanol–water partition coefficient (Wildman–Crippen LogP) is 10.1. The summed E-state index contributed by atoms with van der Waals surface area (Å²) in [5, 5.41) is 2.55. The first-order chi connectivity index (χ1) is 21.5. The molecule has 220 valence electrons. The fraction of sp³-hybridized carbons (Fsp3) is 0.268. The topological polar surface area (TPSA) is 27.7 Å². The van der Waals surface area contributed by atoms with Crippen molar-refractivity contribution in [1.82, 2.24) is 0 Å². The van der Waals surface area contributed by atoms with Gasteiger partial charge in [-0.2, -0.15) is 0 Å². The van der Waals surface area contributed by atoms with Crippen LogP contribution in [-0.4, -0.2) is 14.2 Å². The average molecular weight is 579 g/mol. The molecule has 3 heteroatoms. The van der Waals surface area contributed by atoms with E-state index in [9.17, 15) is 0 Å². The van der Waals surface area contributed by atoms with Gasteiger partial charge >= 0.3 is 0 Å². The first-order valence-corrected chi connectivity index (χ1v) is 15.9. The van der Waals surface area contributed by atoms with Crippen LogP contribution in [0.25, 0.3) is 28.0 Å². The lowest BCUT2D eigenvalue weighted by Crippen LogP contribution is -2.36. The lowest BCUT2D eigenvalue weighted by molar-refractivity contribution is 0.153. The van der Waals surface area contributed by atoms with E-state index in [4.69, 9.17) is 14.2 Å². The molecule has 3 nitrogen and oxygen atoms in total. The van der Waals surface area contributed by atoms with Gasteiger partial charge < -0.3 is 14.2 Å². The molecule has 0 amide bonds. The van der Waals surface area contributed by atoms with E-state index >= 15 is 0 Å². The van der Waals surface area contributed by atoms with E-state index in [0.29, 0.717) is 23.7 Å².